The standard InChI is InChI=1S/C4H9BO3.2Li/c1-2-3-4-8-5(6)7;;/h2-4H2,1H3;;/q-2;2*+1. The zero-order valence-electron chi connectivity index (χ0n) is 6.92. The van der Waals surface area contributed by atoms with E-state index in [1.165, 1.54) is 0 Å². The number of hydrogen-bond acceptors (Lipinski definition) is 3. The second-order valence-electron chi connectivity index (χ2n) is 1.51. The second kappa shape index (κ2) is 12.8. The zero-order chi connectivity index (χ0) is 6.41. The average Bonchev–Trinajstić information content (AvgIpc) is 1.66. The Morgan fingerprint density at radius 3 is 2.10 bits per heavy atom. The number of unbranched alkanes of at least 4 members (excludes halogenated alkanes) is 1. The van der Waals surface area contributed by atoms with Crippen molar-refractivity contribution in [1.82, 2.24) is 0 Å². The van der Waals surface area contributed by atoms with Crippen LogP contribution in [0, 0.1) is 0 Å². The molecule has 0 aliphatic heterocycles. The Hall–Kier alpha value is 1.14. The van der Waals surface area contributed by atoms with E-state index in [0.29, 0.717) is 6.61 Å². The Labute approximate surface area is 86.1 Å². The normalized spacial score (nSPS) is 7.50. The molecular formula is C4H9BLi2O3. The summed E-state index contributed by atoms with van der Waals surface area (Å²) in [6.45, 7) is 2.27. The summed E-state index contributed by atoms with van der Waals surface area (Å²) in [7, 11) is -2.10. The molecule has 0 aromatic heterocycles. The fourth-order valence-corrected chi connectivity index (χ4v) is 0.324. The molecule has 0 heterocycles. The topological polar surface area (TPSA) is 55.3 Å². The van der Waals surface area contributed by atoms with Gasteiger partial charge in [-0.3, -0.25) is 0 Å². The molecule has 0 rings (SSSR count). The van der Waals surface area contributed by atoms with Crippen molar-refractivity contribution >= 4 is 7.32 Å². The van der Waals surface area contributed by atoms with Gasteiger partial charge in [-0.05, 0) is 6.42 Å². The largest absolute Gasteiger partial charge is 1.00 e. The van der Waals surface area contributed by atoms with Crippen molar-refractivity contribution in [3.63, 3.8) is 0 Å². The van der Waals surface area contributed by atoms with Crippen LogP contribution in [0.3, 0.4) is 0 Å². The summed E-state index contributed by atoms with van der Waals surface area (Å²) in [5.41, 5.74) is 0. The third-order valence-electron chi connectivity index (χ3n) is 0.752. The molecule has 0 fully saturated rings. The van der Waals surface area contributed by atoms with E-state index in [9.17, 15) is 10.0 Å². The van der Waals surface area contributed by atoms with Gasteiger partial charge in [-0.1, -0.05) is 13.3 Å². The van der Waals surface area contributed by atoms with Crippen LogP contribution in [0.1, 0.15) is 19.8 Å². The van der Waals surface area contributed by atoms with Gasteiger partial charge in [0.1, 0.15) is 0 Å². The summed E-state index contributed by atoms with van der Waals surface area (Å²) < 4.78 is 4.17. The maximum absolute atomic E-state index is 9.62. The Morgan fingerprint density at radius 2 is 1.80 bits per heavy atom. The first-order valence-electron chi connectivity index (χ1n) is 2.70. The molecule has 0 aliphatic carbocycles. The average molecular weight is 130 g/mol. The quantitative estimate of drug-likeness (QED) is 0.280. The Kier molecular flexibility index (Phi) is 22.1. The van der Waals surface area contributed by atoms with Crippen LogP contribution < -0.4 is 47.8 Å². The minimum absolute atomic E-state index is 0. The van der Waals surface area contributed by atoms with Crippen LogP contribution >= 0.6 is 0 Å². The van der Waals surface area contributed by atoms with Crippen molar-refractivity contribution in [2.45, 2.75) is 19.8 Å². The number of rotatable bonds is 4. The van der Waals surface area contributed by atoms with Gasteiger partial charge in [0.15, 0.2) is 0 Å². The molecule has 0 saturated heterocycles. The summed E-state index contributed by atoms with van der Waals surface area (Å²) >= 11 is 0. The molecule has 0 saturated carbocycles. The van der Waals surface area contributed by atoms with E-state index in [4.69, 9.17) is 0 Å². The van der Waals surface area contributed by atoms with Crippen molar-refractivity contribution in [3.05, 3.63) is 0 Å². The molecule has 0 bridgehead atoms. The molecule has 3 nitrogen and oxygen atoms in total. The Bertz CT molecular complexity index is 55.8. The van der Waals surface area contributed by atoms with E-state index in [1.807, 2.05) is 6.92 Å². The van der Waals surface area contributed by atoms with Crippen molar-refractivity contribution in [2.24, 2.45) is 0 Å². The molecule has 0 aromatic rings. The van der Waals surface area contributed by atoms with Crippen LogP contribution in [0.5, 0.6) is 0 Å². The number of hydrogen-bond donors (Lipinski definition) is 0. The Balaban J connectivity index is -0.000000245. The first kappa shape index (κ1) is 17.3. The van der Waals surface area contributed by atoms with Crippen LogP contribution in [-0.2, 0) is 4.65 Å². The van der Waals surface area contributed by atoms with Gasteiger partial charge in [0.05, 0.1) is 7.32 Å². The predicted molar refractivity (Wildman–Crippen MR) is 26.6 cm³/mol. The molecule has 48 valence electrons. The van der Waals surface area contributed by atoms with Crippen LogP contribution in [0.4, 0.5) is 0 Å². The van der Waals surface area contributed by atoms with Gasteiger partial charge < -0.3 is 14.7 Å². The third-order valence-corrected chi connectivity index (χ3v) is 0.752. The molecule has 0 N–H and O–H groups in total. The van der Waals surface area contributed by atoms with E-state index in [-0.39, 0.29) is 37.7 Å². The van der Waals surface area contributed by atoms with Crippen molar-refractivity contribution in [3.8, 4) is 0 Å². The monoisotopic (exact) mass is 130 g/mol. The van der Waals surface area contributed by atoms with E-state index in [2.05, 4.69) is 4.65 Å². The van der Waals surface area contributed by atoms with Crippen LogP contribution in [0.15, 0.2) is 0 Å². The van der Waals surface area contributed by atoms with Crippen molar-refractivity contribution in [2.75, 3.05) is 6.61 Å². The maximum atomic E-state index is 9.62. The fourth-order valence-electron chi connectivity index (χ4n) is 0.324. The molecule has 0 aliphatic rings. The minimum Gasteiger partial charge on any atom is -0.871 e. The van der Waals surface area contributed by atoms with Crippen LogP contribution in [0.25, 0.3) is 0 Å². The van der Waals surface area contributed by atoms with Gasteiger partial charge in [0, 0.05) is 6.61 Å². The van der Waals surface area contributed by atoms with Gasteiger partial charge >= 0.3 is 37.7 Å². The van der Waals surface area contributed by atoms with E-state index in [0.717, 1.165) is 12.8 Å². The zero-order valence-corrected chi connectivity index (χ0v) is 6.92. The third kappa shape index (κ3) is 16.1. The van der Waals surface area contributed by atoms with Crippen LogP contribution in [0.2, 0.25) is 0 Å². The van der Waals surface area contributed by atoms with Gasteiger partial charge in [0.2, 0.25) is 0 Å². The molecule has 6 heteroatoms. The van der Waals surface area contributed by atoms with E-state index in [1.54, 1.807) is 0 Å². The van der Waals surface area contributed by atoms with Crippen molar-refractivity contribution < 1.29 is 52.4 Å². The summed E-state index contributed by atoms with van der Waals surface area (Å²) in [5, 5.41) is 19.2. The Morgan fingerprint density at radius 1 is 1.30 bits per heavy atom. The van der Waals surface area contributed by atoms with Crippen molar-refractivity contribution in [1.29, 1.82) is 0 Å². The van der Waals surface area contributed by atoms with E-state index >= 15 is 0 Å². The summed E-state index contributed by atoms with van der Waals surface area (Å²) in [5.74, 6) is 0. The summed E-state index contributed by atoms with van der Waals surface area (Å²) in [4.78, 5) is 0. The molecule has 0 amide bonds. The summed E-state index contributed by atoms with van der Waals surface area (Å²) in [6.07, 6.45) is 1.74. The molecule has 0 radical (unpaired) electrons. The minimum atomic E-state index is -2.10. The molecule has 10 heavy (non-hydrogen) atoms. The molecule has 0 atom stereocenters. The van der Waals surface area contributed by atoms with Gasteiger partial charge in [0.25, 0.3) is 0 Å². The van der Waals surface area contributed by atoms with Gasteiger partial charge in [-0.25, -0.2) is 0 Å². The fraction of sp³-hybridized carbons (Fsp3) is 1.00. The van der Waals surface area contributed by atoms with Crippen LogP contribution in [-0.4, -0.2) is 13.9 Å². The molecular weight excluding hydrogens is 121 g/mol. The SMILES string of the molecule is CCCCOB([O-])[O-].[Li+].[Li+]. The first-order valence-corrected chi connectivity index (χ1v) is 2.70. The maximum Gasteiger partial charge on any atom is 1.00 e. The smallest absolute Gasteiger partial charge is 0.871 e. The van der Waals surface area contributed by atoms with E-state index < -0.39 is 7.32 Å². The van der Waals surface area contributed by atoms with Gasteiger partial charge in [-0.2, -0.15) is 0 Å². The summed E-state index contributed by atoms with van der Waals surface area (Å²) in [6, 6.07) is 0. The molecule has 0 unspecified atom stereocenters. The second-order valence-corrected chi connectivity index (χ2v) is 1.51. The first-order chi connectivity index (χ1) is 3.77. The predicted octanol–water partition coefficient (Wildman–Crippen LogP) is -7.48. The molecule has 0 aromatic carbocycles. The molecule has 0 spiro atoms. The van der Waals surface area contributed by atoms with Gasteiger partial charge in [-0.15, -0.1) is 0 Å².